The summed E-state index contributed by atoms with van der Waals surface area (Å²) in [6.45, 7) is 4.99. The number of hydrogen-bond acceptors (Lipinski definition) is 4. The Bertz CT molecular complexity index is 329. The number of nitrogens with one attached hydrogen (secondary N) is 2. The largest absolute Gasteiger partial charge is 0.355 e. The number of hydrogen-bond donors (Lipinski definition) is 2. The van der Waals surface area contributed by atoms with Crippen LogP contribution in [0.3, 0.4) is 0 Å². The Morgan fingerprint density at radius 2 is 2.28 bits per heavy atom. The van der Waals surface area contributed by atoms with Crippen LogP contribution in [0.15, 0.2) is 5.10 Å². The molecule has 0 saturated carbocycles. The molecule has 0 aromatic rings. The molecule has 0 aromatic heterocycles. The quantitative estimate of drug-likeness (QED) is 0.685. The topological polar surface area (TPSA) is 70.6 Å². The minimum absolute atomic E-state index is 0.0473. The molecule has 0 aliphatic carbocycles. The maximum absolute atomic E-state index is 11.5. The fourth-order valence-corrected chi connectivity index (χ4v) is 2.21. The van der Waals surface area contributed by atoms with Crippen molar-refractivity contribution in [3.05, 3.63) is 0 Å². The van der Waals surface area contributed by atoms with Crippen LogP contribution in [0.4, 0.5) is 0 Å². The van der Waals surface area contributed by atoms with Crippen molar-refractivity contribution in [3.63, 3.8) is 0 Å². The number of carbonyl (C=O) groups is 2. The van der Waals surface area contributed by atoms with E-state index in [1.807, 2.05) is 11.8 Å². The number of nitrogens with zero attached hydrogens (tertiary/aromatic N) is 1. The third kappa shape index (κ3) is 6.64. The molecule has 0 fully saturated rings. The summed E-state index contributed by atoms with van der Waals surface area (Å²) in [6.07, 6.45) is 2.22. The Balaban J connectivity index is 2.08. The van der Waals surface area contributed by atoms with Gasteiger partial charge >= 0.3 is 0 Å². The average Bonchev–Trinajstić information content (AvgIpc) is 2.34. The SMILES string of the molecule is CC(C)SCCNC(=O)CCC1=NNC(=O)CC1. The molecular formula is C12H21N3O2S. The van der Waals surface area contributed by atoms with Crippen molar-refractivity contribution in [3.8, 4) is 0 Å². The molecule has 6 heteroatoms. The molecule has 2 amide bonds. The van der Waals surface area contributed by atoms with Gasteiger partial charge in [0, 0.05) is 30.9 Å². The van der Waals surface area contributed by atoms with Gasteiger partial charge in [-0.05, 0) is 18.1 Å². The number of carbonyl (C=O) groups excluding carboxylic acids is 2. The van der Waals surface area contributed by atoms with Crippen LogP contribution in [0.5, 0.6) is 0 Å². The highest BCUT2D eigenvalue weighted by molar-refractivity contribution is 7.99. The van der Waals surface area contributed by atoms with E-state index in [1.165, 1.54) is 0 Å². The molecule has 0 unspecified atom stereocenters. The van der Waals surface area contributed by atoms with Crippen molar-refractivity contribution < 1.29 is 9.59 Å². The second kappa shape index (κ2) is 8.13. The molecule has 1 rings (SSSR count). The van der Waals surface area contributed by atoms with Gasteiger partial charge in [-0.2, -0.15) is 16.9 Å². The zero-order chi connectivity index (χ0) is 13.4. The molecule has 1 heterocycles. The normalized spacial score (nSPS) is 15.3. The summed E-state index contributed by atoms with van der Waals surface area (Å²) in [6, 6.07) is 0. The summed E-state index contributed by atoms with van der Waals surface area (Å²) in [5, 5.41) is 7.42. The van der Waals surface area contributed by atoms with E-state index in [4.69, 9.17) is 0 Å². The van der Waals surface area contributed by atoms with E-state index in [9.17, 15) is 9.59 Å². The van der Waals surface area contributed by atoms with Gasteiger partial charge in [0.15, 0.2) is 0 Å². The lowest BCUT2D eigenvalue weighted by molar-refractivity contribution is -0.121. The highest BCUT2D eigenvalue weighted by atomic mass is 32.2. The lowest BCUT2D eigenvalue weighted by Crippen LogP contribution is -2.28. The first-order chi connectivity index (χ1) is 8.58. The standard InChI is InChI=1S/C12H21N3O2S/c1-9(2)18-8-7-13-11(16)5-3-10-4-6-12(17)15-14-10/h9H,3-8H2,1-2H3,(H,13,16)(H,15,17). The minimum atomic E-state index is -0.0473. The third-order valence-electron chi connectivity index (χ3n) is 2.50. The Kier molecular flexibility index (Phi) is 6.78. The predicted octanol–water partition coefficient (Wildman–Crippen LogP) is 1.29. The van der Waals surface area contributed by atoms with Gasteiger partial charge in [0.05, 0.1) is 0 Å². The smallest absolute Gasteiger partial charge is 0.240 e. The molecular weight excluding hydrogens is 250 g/mol. The molecule has 1 aliphatic heterocycles. The van der Waals surface area contributed by atoms with Gasteiger partial charge in [-0.3, -0.25) is 9.59 Å². The Morgan fingerprint density at radius 3 is 2.89 bits per heavy atom. The molecule has 2 N–H and O–H groups in total. The first-order valence-electron chi connectivity index (χ1n) is 6.30. The molecule has 102 valence electrons. The van der Waals surface area contributed by atoms with Crippen molar-refractivity contribution in [2.75, 3.05) is 12.3 Å². The first kappa shape index (κ1) is 15.0. The van der Waals surface area contributed by atoms with Gasteiger partial charge in [-0.25, -0.2) is 5.43 Å². The van der Waals surface area contributed by atoms with Crippen LogP contribution in [0, 0.1) is 0 Å². The van der Waals surface area contributed by atoms with Crippen LogP contribution in [-0.2, 0) is 9.59 Å². The molecule has 0 atom stereocenters. The number of thioether (sulfide) groups is 1. The zero-order valence-corrected chi connectivity index (χ0v) is 11.8. The van der Waals surface area contributed by atoms with Gasteiger partial charge in [-0.1, -0.05) is 13.8 Å². The Hall–Kier alpha value is -1.04. The van der Waals surface area contributed by atoms with Gasteiger partial charge in [0.2, 0.25) is 11.8 Å². The lowest BCUT2D eigenvalue weighted by Gasteiger charge is -2.11. The van der Waals surface area contributed by atoms with Crippen molar-refractivity contribution in [1.82, 2.24) is 10.7 Å². The summed E-state index contributed by atoms with van der Waals surface area (Å²) in [4.78, 5) is 22.4. The lowest BCUT2D eigenvalue weighted by atomic mass is 10.1. The van der Waals surface area contributed by atoms with Gasteiger partial charge in [0.25, 0.3) is 0 Å². The van der Waals surface area contributed by atoms with Crippen molar-refractivity contribution in [1.29, 1.82) is 0 Å². The molecule has 0 spiro atoms. The van der Waals surface area contributed by atoms with Crippen molar-refractivity contribution in [2.24, 2.45) is 5.10 Å². The highest BCUT2D eigenvalue weighted by Crippen LogP contribution is 2.07. The number of hydrazone groups is 1. The predicted molar refractivity (Wildman–Crippen MR) is 74.6 cm³/mol. The first-order valence-corrected chi connectivity index (χ1v) is 7.35. The summed E-state index contributed by atoms with van der Waals surface area (Å²) >= 11 is 1.83. The van der Waals surface area contributed by atoms with Crippen LogP contribution in [0.25, 0.3) is 0 Å². The van der Waals surface area contributed by atoms with Crippen LogP contribution in [0.1, 0.15) is 39.5 Å². The summed E-state index contributed by atoms with van der Waals surface area (Å²) in [5.41, 5.74) is 3.34. The van der Waals surface area contributed by atoms with Crippen LogP contribution in [-0.4, -0.2) is 35.1 Å². The Labute approximate surface area is 112 Å². The van der Waals surface area contributed by atoms with E-state index in [2.05, 4.69) is 29.7 Å². The van der Waals surface area contributed by atoms with Crippen molar-refractivity contribution in [2.45, 2.75) is 44.8 Å². The zero-order valence-electron chi connectivity index (χ0n) is 11.0. The van der Waals surface area contributed by atoms with E-state index in [0.29, 0.717) is 37.5 Å². The van der Waals surface area contributed by atoms with Crippen LogP contribution >= 0.6 is 11.8 Å². The summed E-state index contributed by atoms with van der Waals surface area (Å²) in [7, 11) is 0. The Morgan fingerprint density at radius 1 is 1.50 bits per heavy atom. The number of amides is 2. The van der Waals surface area contributed by atoms with Crippen molar-refractivity contribution >= 4 is 29.3 Å². The highest BCUT2D eigenvalue weighted by Gasteiger charge is 2.12. The van der Waals surface area contributed by atoms with E-state index >= 15 is 0 Å². The van der Waals surface area contributed by atoms with Gasteiger partial charge < -0.3 is 5.32 Å². The van der Waals surface area contributed by atoms with Gasteiger partial charge in [-0.15, -0.1) is 0 Å². The second-order valence-electron chi connectivity index (χ2n) is 4.48. The van der Waals surface area contributed by atoms with E-state index in [-0.39, 0.29) is 11.8 Å². The number of rotatable bonds is 7. The molecule has 0 bridgehead atoms. The van der Waals surface area contributed by atoms with E-state index < -0.39 is 0 Å². The molecule has 0 aromatic carbocycles. The molecule has 1 aliphatic rings. The third-order valence-corrected chi connectivity index (χ3v) is 3.60. The fourth-order valence-electron chi connectivity index (χ4n) is 1.52. The van der Waals surface area contributed by atoms with Gasteiger partial charge in [0.1, 0.15) is 0 Å². The molecule has 18 heavy (non-hydrogen) atoms. The van der Waals surface area contributed by atoms with E-state index in [1.54, 1.807) is 0 Å². The van der Waals surface area contributed by atoms with Crippen LogP contribution < -0.4 is 10.7 Å². The second-order valence-corrected chi connectivity index (χ2v) is 6.17. The monoisotopic (exact) mass is 271 g/mol. The minimum Gasteiger partial charge on any atom is -0.355 e. The summed E-state index contributed by atoms with van der Waals surface area (Å²) < 4.78 is 0. The maximum Gasteiger partial charge on any atom is 0.240 e. The summed E-state index contributed by atoms with van der Waals surface area (Å²) in [5.74, 6) is 0.952. The molecule has 0 radical (unpaired) electrons. The maximum atomic E-state index is 11.5. The molecule has 0 saturated heterocycles. The average molecular weight is 271 g/mol. The fraction of sp³-hybridized carbons (Fsp3) is 0.750. The van der Waals surface area contributed by atoms with E-state index in [0.717, 1.165) is 11.5 Å². The van der Waals surface area contributed by atoms with Crippen LogP contribution in [0.2, 0.25) is 0 Å². The molecule has 5 nitrogen and oxygen atoms in total.